The molecule has 0 amide bonds. The average molecular weight is 375 g/mol. The number of allylic oxidation sites excluding steroid dienone is 2. The molecule has 0 aromatic heterocycles. The molecule has 0 heterocycles. The Kier molecular flexibility index (Phi) is 44.8. The maximum Gasteiger partial charge on any atom is 0.155 e. The van der Waals surface area contributed by atoms with Crippen LogP contribution in [-0.2, 0) is 4.79 Å². The maximum absolute atomic E-state index is 10.2. The number of unbranched alkanes of at least 4 members (excludes halogenated alkanes) is 3. The zero-order chi connectivity index (χ0) is 14.6. The van der Waals surface area contributed by atoms with Crippen LogP contribution in [0.3, 0.4) is 0 Å². The Morgan fingerprint density at radius 1 is 0.789 bits per heavy atom. The summed E-state index contributed by atoms with van der Waals surface area (Å²) >= 11 is 0. The van der Waals surface area contributed by atoms with Crippen LogP contribution in [0.2, 0.25) is 0 Å². The fraction of sp³-hybridized carbons (Fsp3) is 0.824. The molecule has 1 nitrogen and oxygen atoms in total. The van der Waals surface area contributed by atoms with E-state index >= 15 is 0 Å². The molecule has 0 aliphatic heterocycles. The molecule has 0 aromatic rings. The molecule has 0 N–H and O–H groups in total. The molecule has 0 atom stereocenters. The molecule has 0 spiro atoms. The van der Waals surface area contributed by atoms with Crippen LogP contribution >= 0.6 is 0 Å². The molecular formula is C17H36OSn. The van der Waals surface area contributed by atoms with Crippen LogP contribution in [0.25, 0.3) is 0 Å². The molecule has 2 heteroatoms. The minimum atomic E-state index is 0. The summed E-state index contributed by atoms with van der Waals surface area (Å²) < 4.78 is 0. The van der Waals surface area contributed by atoms with Gasteiger partial charge in [-0.2, -0.15) is 0 Å². The second kappa shape index (κ2) is 30.9. The van der Waals surface area contributed by atoms with Crippen molar-refractivity contribution < 1.29 is 4.79 Å². The number of carbonyl (C=O) groups is 1. The zero-order valence-electron chi connectivity index (χ0n) is 14.2. The van der Waals surface area contributed by atoms with Crippen molar-refractivity contribution in [3.05, 3.63) is 12.2 Å². The van der Waals surface area contributed by atoms with E-state index in [1.807, 2.05) is 6.08 Å². The molecule has 114 valence electrons. The minimum Gasteiger partial charge on any atom is -0.295 e. The first-order valence-corrected chi connectivity index (χ1v) is 7.83. The number of hydrogen-bond donors (Lipinski definition) is 0. The van der Waals surface area contributed by atoms with E-state index in [1.54, 1.807) is 6.08 Å². The first-order valence-electron chi connectivity index (χ1n) is 7.83. The molecule has 0 unspecified atom stereocenters. The largest absolute Gasteiger partial charge is 0.295 e. The topological polar surface area (TPSA) is 17.1 Å². The van der Waals surface area contributed by atoms with E-state index in [-0.39, 0.29) is 29.7 Å². The predicted octanol–water partition coefficient (Wildman–Crippen LogP) is 5.94. The Bertz CT molecular complexity index is 149. The van der Waals surface area contributed by atoms with Gasteiger partial charge in [-0.1, -0.05) is 86.1 Å². The van der Waals surface area contributed by atoms with Gasteiger partial charge in [0.15, 0.2) is 5.78 Å². The summed E-state index contributed by atoms with van der Waals surface area (Å²) in [4.78, 5) is 10.2. The van der Waals surface area contributed by atoms with Crippen molar-refractivity contribution in [2.75, 3.05) is 0 Å². The van der Waals surface area contributed by atoms with Gasteiger partial charge >= 0.3 is 0 Å². The summed E-state index contributed by atoms with van der Waals surface area (Å²) in [6, 6.07) is 0. The normalized spacial score (nSPS) is 10.9. The summed E-state index contributed by atoms with van der Waals surface area (Å²) in [5.41, 5.74) is 0. The van der Waals surface area contributed by atoms with Crippen molar-refractivity contribution in [1.82, 2.24) is 0 Å². The number of ketones is 1. The van der Waals surface area contributed by atoms with Gasteiger partial charge in [0.2, 0.25) is 0 Å². The molecule has 0 saturated heterocycles. The Hall–Kier alpha value is 0.209. The molecule has 0 bridgehead atoms. The van der Waals surface area contributed by atoms with Crippen molar-refractivity contribution in [1.29, 1.82) is 0 Å². The van der Waals surface area contributed by atoms with E-state index in [2.05, 4.69) is 41.5 Å². The molecular weight excluding hydrogens is 339 g/mol. The third kappa shape index (κ3) is 45.9. The van der Waals surface area contributed by atoms with Crippen molar-refractivity contribution in [2.45, 2.75) is 92.9 Å². The summed E-state index contributed by atoms with van der Waals surface area (Å²) in [5, 5.41) is 0. The first-order chi connectivity index (χ1) is 8.64. The van der Waals surface area contributed by atoms with Gasteiger partial charge in [-0.15, -0.1) is 0 Å². The van der Waals surface area contributed by atoms with Gasteiger partial charge in [0.1, 0.15) is 0 Å². The summed E-state index contributed by atoms with van der Waals surface area (Å²) in [5.74, 6) is 0.273. The quantitative estimate of drug-likeness (QED) is 0.558. The average Bonchev–Trinajstić information content (AvgIpc) is 2.90. The van der Waals surface area contributed by atoms with Crippen molar-refractivity contribution in [2.24, 2.45) is 0 Å². The molecule has 19 heavy (non-hydrogen) atoms. The van der Waals surface area contributed by atoms with Gasteiger partial charge < -0.3 is 0 Å². The molecule has 4 radical (unpaired) electrons. The summed E-state index contributed by atoms with van der Waals surface area (Å²) in [6.07, 6.45) is 13.2. The number of hydrogen-bond acceptors (Lipinski definition) is 1. The SMILES string of the molecule is CCCC.CCCC.CCCC.O=C1C=CCC1.[Sn]. The van der Waals surface area contributed by atoms with Crippen LogP contribution in [0, 0.1) is 0 Å². The monoisotopic (exact) mass is 376 g/mol. The molecule has 1 aliphatic carbocycles. The number of carbonyl (C=O) groups excluding carboxylic acids is 1. The minimum absolute atomic E-state index is 0. The molecule has 1 aliphatic rings. The van der Waals surface area contributed by atoms with Crippen LogP contribution in [0.5, 0.6) is 0 Å². The van der Waals surface area contributed by atoms with Gasteiger partial charge in [0, 0.05) is 30.3 Å². The Morgan fingerprint density at radius 3 is 1.16 bits per heavy atom. The first kappa shape index (κ1) is 27.5. The van der Waals surface area contributed by atoms with Gasteiger partial charge in [0.25, 0.3) is 0 Å². The summed E-state index contributed by atoms with van der Waals surface area (Å²) in [6.45, 7) is 13.1. The molecule has 1 rings (SSSR count). The standard InChI is InChI=1S/C5H6O.3C4H10.Sn/c6-5-3-1-2-4-5;3*1-3-4-2;/h1,3H,2,4H2;3*3-4H2,1-2H3;. The van der Waals surface area contributed by atoms with Crippen molar-refractivity contribution >= 4 is 29.7 Å². The molecule has 0 fully saturated rings. The molecule has 0 aromatic carbocycles. The number of rotatable bonds is 3. The second-order valence-corrected chi connectivity index (χ2v) is 4.41. The van der Waals surface area contributed by atoms with E-state index in [0.717, 1.165) is 12.8 Å². The summed E-state index contributed by atoms with van der Waals surface area (Å²) in [7, 11) is 0. The fourth-order valence-corrected chi connectivity index (χ4v) is 0.524. The maximum atomic E-state index is 10.2. The van der Waals surface area contributed by atoms with Crippen LogP contribution in [-0.4, -0.2) is 29.7 Å². The van der Waals surface area contributed by atoms with Crippen molar-refractivity contribution in [3.63, 3.8) is 0 Å². The van der Waals surface area contributed by atoms with Crippen LogP contribution < -0.4 is 0 Å². The Labute approximate surface area is 139 Å². The van der Waals surface area contributed by atoms with Gasteiger partial charge in [-0.3, -0.25) is 4.79 Å². The predicted molar refractivity (Wildman–Crippen MR) is 90.9 cm³/mol. The third-order valence-corrected chi connectivity index (χ3v) is 2.36. The van der Waals surface area contributed by atoms with Gasteiger partial charge in [0.05, 0.1) is 0 Å². The van der Waals surface area contributed by atoms with Crippen LogP contribution in [0.1, 0.15) is 92.9 Å². The second-order valence-electron chi connectivity index (χ2n) is 4.41. The van der Waals surface area contributed by atoms with E-state index in [4.69, 9.17) is 0 Å². The van der Waals surface area contributed by atoms with E-state index < -0.39 is 0 Å². The molecule has 0 saturated carbocycles. The smallest absolute Gasteiger partial charge is 0.155 e. The fourth-order valence-electron chi connectivity index (χ4n) is 0.524. The van der Waals surface area contributed by atoms with Crippen LogP contribution in [0.15, 0.2) is 12.2 Å². The van der Waals surface area contributed by atoms with Crippen LogP contribution in [0.4, 0.5) is 0 Å². The van der Waals surface area contributed by atoms with Gasteiger partial charge in [-0.05, 0) is 12.5 Å². The Balaban J connectivity index is -0.0000000796. The van der Waals surface area contributed by atoms with E-state index in [1.165, 1.54) is 38.5 Å². The Morgan fingerprint density at radius 2 is 1.11 bits per heavy atom. The van der Waals surface area contributed by atoms with E-state index in [9.17, 15) is 4.79 Å². The third-order valence-electron chi connectivity index (χ3n) is 2.36. The van der Waals surface area contributed by atoms with Gasteiger partial charge in [-0.25, -0.2) is 0 Å². The van der Waals surface area contributed by atoms with E-state index in [0.29, 0.717) is 0 Å². The van der Waals surface area contributed by atoms with Crippen molar-refractivity contribution in [3.8, 4) is 0 Å². The zero-order valence-corrected chi connectivity index (χ0v) is 17.1.